The molecule has 0 aliphatic carbocycles. The minimum Gasteiger partial charge on any atom is -0.349 e. The predicted molar refractivity (Wildman–Crippen MR) is 131 cm³/mol. The van der Waals surface area contributed by atoms with E-state index in [9.17, 15) is 137 Å². The number of amides is 1. The van der Waals surface area contributed by atoms with E-state index in [2.05, 4.69) is 4.99 Å². The fourth-order valence-corrected chi connectivity index (χ4v) is 4.26. The number of benzene rings is 1. The van der Waals surface area contributed by atoms with Gasteiger partial charge in [-0.2, -0.15) is 132 Å². The van der Waals surface area contributed by atoms with E-state index < -0.39 is 113 Å². The zero-order chi connectivity index (χ0) is 47.8. The van der Waals surface area contributed by atoms with E-state index in [0.29, 0.717) is 6.07 Å². The van der Waals surface area contributed by atoms with Crippen molar-refractivity contribution in [1.82, 2.24) is 5.32 Å². The van der Waals surface area contributed by atoms with Crippen LogP contribution in [0.3, 0.4) is 0 Å². The van der Waals surface area contributed by atoms with Crippen LogP contribution in [0.15, 0.2) is 23.2 Å². The number of aliphatic imine (C=N–C) groups is 1. The van der Waals surface area contributed by atoms with E-state index >= 15 is 0 Å². The van der Waals surface area contributed by atoms with Crippen LogP contribution in [0.4, 0.5) is 133 Å². The van der Waals surface area contributed by atoms with Crippen LogP contribution in [-0.4, -0.2) is 101 Å². The normalized spacial score (nSPS) is 16.1. The minimum absolute atomic E-state index is 0.0124. The molecule has 59 heavy (non-hydrogen) atoms. The molecule has 1 amide bonds. The van der Waals surface area contributed by atoms with Gasteiger partial charge in [0.2, 0.25) is 6.08 Å². The molecule has 0 aliphatic rings. The topological polar surface area (TPSA) is 58.5 Å². The van der Waals surface area contributed by atoms with Crippen LogP contribution in [0.1, 0.15) is 29.3 Å². The molecule has 1 atom stereocenters. The molecule has 0 saturated heterocycles. The monoisotopic (exact) mass is 936 g/mol. The third-order valence-corrected chi connectivity index (χ3v) is 7.59. The number of rotatable bonds is 17. The number of nitrogens with one attached hydrogen (secondary N) is 1. The summed E-state index contributed by atoms with van der Waals surface area (Å²) in [6.45, 7) is 1.23. The van der Waals surface area contributed by atoms with Crippen molar-refractivity contribution in [3.05, 3.63) is 29.3 Å². The number of hydrogen-bond donors (Lipinski definition) is 1. The number of carbonyl (C=O) groups is 1. The molecular weight excluding hydrogens is 923 g/mol. The highest BCUT2D eigenvalue weighted by molar-refractivity contribution is 5.95. The molecule has 33 heteroatoms. The SMILES string of the molecule is Cc1cc(N=C=O)cc(C(=O)NC(C)CC(F)(F)C(F)(F)C(F)(F)C(F)(F)C(F)(F)C(F)(F)C(F)(F)C(F)(F)C(F)(F)C(F)(F)C(F)(F)C(F)(F)C(F)(F)C(F)(F)F)c1. The Morgan fingerprint density at radius 1 is 0.508 bits per heavy atom. The number of carbonyl (C=O) groups excluding carboxylic acids is 2. The molecule has 0 aromatic heterocycles. The van der Waals surface area contributed by atoms with Crippen molar-refractivity contribution in [3.8, 4) is 0 Å². The maximum Gasteiger partial charge on any atom is 0.460 e. The van der Waals surface area contributed by atoms with Crippen molar-refractivity contribution in [2.24, 2.45) is 4.99 Å². The van der Waals surface area contributed by atoms with E-state index in [1.54, 1.807) is 0 Å². The van der Waals surface area contributed by atoms with Gasteiger partial charge in [-0.3, -0.25) is 4.79 Å². The first-order valence-electron chi connectivity index (χ1n) is 13.9. The molecule has 1 aromatic carbocycles. The number of nitrogens with zero attached hydrogens (tertiary/aromatic N) is 1. The van der Waals surface area contributed by atoms with Gasteiger partial charge in [0.1, 0.15) is 0 Å². The molecule has 0 heterocycles. The summed E-state index contributed by atoms with van der Waals surface area (Å²) in [7, 11) is 0. The molecule has 0 saturated carbocycles. The summed E-state index contributed by atoms with van der Waals surface area (Å²) in [5.74, 6) is -123. The quantitative estimate of drug-likeness (QED) is 0.0961. The smallest absolute Gasteiger partial charge is 0.349 e. The number of alkyl halides is 29. The number of isocyanates is 1. The predicted octanol–water partition coefficient (Wildman–Crippen LogP) is 11.3. The Kier molecular flexibility index (Phi) is 13.1. The third-order valence-electron chi connectivity index (χ3n) is 7.59. The van der Waals surface area contributed by atoms with Gasteiger partial charge in [-0.05, 0) is 37.6 Å². The first-order chi connectivity index (χ1) is 25.5. The minimum atomic E-state index is -9.99. The van der Waals surface area contributed by atoms with Gasteiger partial charge in [0.05, 0.1) is 5.69 Å². The molecule has 0 fully saturated rings. The fraction of sp³-hybridized carbons (Fsp3) is 0.692. The van der Waals surface area contributed by atoms with E-state index in [1.807, 2.05) is 0 Å². The van der Waals surface area contributed by atoms with Gasteiger partial charge < -0.3 is 5.32 Å². The molecule has 342 valence electrons. The van der Waals surface area contributed by atoms with Gasteiger partial charge in [-0.15, -0.1) is 0 Å². The highest BCUT2D eigenvalue weighted by Gasteiger charge is 3.00. The summed E-state index contributed by atoms with van der Waals surface area (Å²) in [5.41, 5.74) is -1.22. The summed E-state index contributed by atoms with van der Waals surface area (Å²) >= 11 is 0. The first-order valence-corrected chi connectivity index (χ1v) is 13.9. The Hall–Kier alpha value is -3.96. The maximum atomic E-state index is 14.4. The Labute approximate surface area is 304 Å². The molecule has 0 radical (unpaired) electrons. The van der Waals surface area contributed by atoms with Gasteiger partial charge in [-0.1, -0.05) is 0 Å². The van der Waals surface area contributed by atoms with Crippen LogP contribution < -0.4 is 5.32 Å². The van der Waals surface area contributed by atoms with Gasteiger partial charge >= 0.3 is 83.2 Å². The average molecular weight is 936 g/mol. The lowest BCUT2D eigenvalue weighted by Gasteiger charge is -2.46. The van der Waals surface area contributed by atoms with Crippen LogP contribution >= 0.6 is 0 Å². The zero-order valence-corrected chi connectivity index (χ0v) is 27.2. The highest BCUT2D eigenvalue weighted by atomic mass is 19.4. The van der Waals surface area contributed by atoms with Crippen molar-refractivity contribution < 1.29 is 137 Å². The standard InChI is InChI=1S/C26H13F29N2O2/c1-8-3-10(5-11(4-8)56-7-58)12(59)57-9(2)6-13(27,28)14(29,30)15(31,32)16(33,34)17(35,36)18(37,38)19(39,40)20(41,42)21(43,44)22(45,46)23(47,48)24(49,50)25(51,52)26(53,54)55/h3-5,9H,6H2,1-2H3,(H,57,59). The van der Waals surface area contributed by atoms with Gasteiger partial charge in [0.25, 0.3) is 5.91 Å². The zero-order valence-electron chi connectivity index (χ0n) is 27.2. The third kappa shape index (κ3) is 7.36. The second kappa shape index (κ2) is 14.6. The average Bonchev–Trinajstić information content (AvgIpc) is 3.02. The van der Waals surface area contributed by atoms with Crippen LogP contribution in [0.2, 0.25) is 0 Å². The number of halogens is 29. The Morgan fingerprint density at radius 3 is 1.08 bits per heavy atom. The lowest BCUT2D eigenvalue weighted by Crippen LogP contribution is -2.79. The first kappa shape index (κ1) is 53.1. The lowest BCUT2D eigenvalue weighted by molar-refractivity contribution is -0.487. The molecule has 1 rings (SSSR count). The van der Waals surface area contributed by atoms with Gasteiger partial charge in [0.15, 0.2) is 0 Å². The van der Waals surface area contributed by atoms with Crippen molar-refractivity contribution in [3.63, 3.8) is 0 Å². The second-order valence-corrected chi connectivity index (χ2v) is 11.9. The molecule has 1 unspecified atom stereocenters. The van der Waals surface area contributed by atoms with E-state index in [1.165, 1.54) is 5.32 Å². The van der Waals surface area contributed by atoms with Crippen molar-refractivity contribution in [2.75, 3.05) is 0 Å². The summed E-state index contributed by atoms with van der Waals surface area (Å²) < 4.78 is 398. The Morgan fingerprint density at radius 2 is 0.797 bits per heavy atom. The van der Waals surface area contributed by atoms with Gasteiger partial charge in [-0.25, -0.2) is 4.79 Å². The van der Waals surface area contributed by atoms with E-state index in [-0.39, 0.29) is 12.5 Å². The van der Waals surface area contributed by atoms with Crippen molar-refractivity contribution in [1.29, 1.82) is 0 Å². The van der Waals surface area contributed by atoms with Crippen molar-refractivity contribution >= 4 is 17.7 Å². The van der Waals surface area contributed by atoms with Crippen molar-refractivity contribution in [2.45, 2.75) is 109 Å². The molecule has 0 bridgehead atoms. The lowest BCUT2D eigenvalue weighted by atomic mass is 9.83. The Bertz CT molecular complexity index is 1770. The van der Waals surface area contributed by atoms with Crippen LogP contribution in [0.5, 0.6) is 0 Å². The molecule has 4 nitrogen and oxygen atoms in total. The molecule has 1 aromatic rings. The van der Waals surface area contributed by atoms with Crippen LogP contribution in [0, 0.1) is 6.92 Å². The fourth-order valence-electron chi connectivity index (χ4n) is 4.26. The van der Waals surface area contributed by atoms with Crippen LogP contribution in [0.25, 0.3) is 0 Å². The summed E-state index contributed by atoms with van der Waals surface area (Å²) in [5, 5.41) is 1.26. The summed E-state index contributed by atoms with van der Waals surface area (Å²) in [4.78, 5) is 25.6. The molecule has 1 N–H and O–H groups in total. The Balaban J connectivity index is 3.79. The molecule has 0 spiro atoms. The molecule has 0 aliphatic heterocycles. The maximum absolute atomic E-state index is 14.4. The second-order valence-electron chi connectivity index (χ2n) is 11.9. The van der Waals surface area contributed by atoms with Gasteiger partial charge in [0, 0.05) is 18.0 Å². The number of hydrogen-bond acceptors (Lipinski definition) is 3. The molecular formula is C26H13F29N2O2. The largest absolute Gasteiger partial charge is 0.460 e. The van der Waals surface area contributed by atoms with E-state index in [0.717, 1.165) is 25.1 Å². The summed E-state index contributed by atoms with van der Waals surface area (Å²) in [6, 6.07) is -0.404. The van der Waals surface area contributed by atoms with E-state index in [4.69, 9.17) is 0 Å². The number of aryl methyl sites for hydroxylation is 1. The highest BCUT2D eigenvalue weighted by Crippen LogP contribution is 2.69. The van der Waals surface area contributed by atoms with Crippen LogP contribution in [-0.2, 0) is 4.79 Å². The summed E-state index contributed by atoms with van der Waals surface area (Å²) in [6.07, 6.45) is -10.6.